The van der Waals surface area contributed by atoms with Crippen molar-refractivity contribution in [1.82, 2.24) is 10.6 Å². The molecule has 2 N–H and O–H groups in total. The number of rotatable bonds is 6. The van der Waals surface area contributed by atoms with Crippen LogP contribution in [0.2, 0.25) is 0 Å². The Labute approximate surface area is 100 Å². The largest absolute Gasteiger partial charge is 0.356 e. The fourth-order valence-electron chi connectivity index (χ4n) is 1.54. The van der Waals surface area contributed by atoms with Crippen LogP contribution in [0.5, 0.6) is 0 Å². The van der Waals surface area contributed by atoms with Crippen LogP contribution in [0.1, 0.15) is 41.0 Å². The first-order chi connectivity index (χ1) is 7.28. The molecule has 16 heavy (non-hydrogen) atoms. The molecule has 0 aromatic carbocycles. The molecule has 0 aliphatic rings. The van der Waals surface area contributed by atoms with Gasteiger partial charge in [0, 0.05) is 13.1 Å². The topological polar surface area (TPSA) is 41.1 Å². The predicted molar refractivity (Wildman–Crippen MR) is 69.3 cm³/mol. The Morgan fingerprint density at radius 2 is 1.81 bits per heavy atom. The predicted octanol–water partition coefficient (Wildman–Crippen LogP) is 2.03. The summed E-state index contributed by atoms with van der Waals surface area (Å²) in [6, 6.07) is 0. The highest BCUT2D eigenvalue weighted by Gasteiger charge is 2.21. The average molecular weight is 228 g/mol. The lowest BCUT2D eigenvalue weighted by Crippen LogP contribution is -2.39. The average Bonchev–Trinajstić information content (AvgIpc) is 2.11. The van der Waals surface area contributed by atoms with Crippen LogP contribution in [0.4, 0.5) is 0 Å². The molecular weight excluding hydrogens is 200 g/mol. The minimum Gasteiger partial charge on any atom is -0.356 e. The molecule has 1 atom stereocenters. The van der Waals surface area contributed by atoms with Crippen molar-refractivity contribution in [3.8, 4) is 0 Å². The summed E-state index contributed by atoms with van der Waals surface area (Å²) in [5, 5.41) is 6.10. The number of nitrogens with one attached hydrogen (secondary N) is 2. The lowest BCUT2D eigenvalue weighted by Gasteiger charge is -2.22. The van der Waals surface area contributed by atoms with Crippen LogP contribution >= 0.6 is 0 Å². The quantitative estimate of drug-likeness (QED) is 0.730. The third-order valence-electron chi connectivity index (χ3n) is 2.74. The molecule has 1 unspecified atom stereocenters. The monoisotopic (exact) mass is 228 g/mol. The zero-order valence-corrected chi connectivity index (χ0v) is 11.7. The highest BCUT2D eigenvalue weighted by Crippen LogP contribution is 2.17. The van der Waals surface area contributed by atoms with E-state index in [1.165, 1.54) is 0 Å². The SMILES string of the molecule is CNCC(C(=O)NCCC(C)(C)C)C(C)C. The third kappa shape index (κ3) is 6.83. The van der Waals surface area contributed by atoms with Gasteiger partial charge in [-0.15, -0.1) is 0 Å². The van der Waals surface area contributed by atoms with E-state index in [9.17, 15) is 4.79 Å². The summed E-state index contributed by atoms with van der Waals surface area (Å²) in [6.07, 6.45) is 1.02. The smallest absolute Gasteiger partial charge is 0.224 e. The summed E-state index contributed by atoms with van der Waals surface area (Å²) in [7, 11) is 1.89. The second kappa shape index (κ2) is 6.89. The van der Waals surface area contributed by atoms with Crippen molar-refractivity contribution in [2.24, 2.45) is 17.3 Å². The second-order valence-electron chi connectivity index (χ2n) is 6.01. The molecule has 0 saturated carbocycles. The Bertz CT molecular complexity index is 206. The maximum absolute atomic E-state index is 11.9. The molecule has 0 aromatic rings. The summed E-state index contributed by atoms with van der Waals surface area (Å²) in [6.45, 7) is 12.3. The molecule has 3 nitrogen and oxygen atoms in total. The van der Waals surface area contributed by atoms with Crippen LogP contribution in [-0.4, -0.2) is 26.0 Å². The van der Waals surface area contributed by atoms with Gasteiger partial charge in [-0.2, -0.15) is 0 Å². The Hall–Kier alpha value is -0.570. The van der Waals surface area contributed by atoms with Crippen molar-refractivity contribution in [3.63, 3.8) is 0 Å². The summed E-state index contributed by atoms with van der Waals surface area (Å²) in [4.78, 5) is 11.9. The number of carbonyl (C=O) groups excluding carboxylic acids is 1. The van der Waals surface area contributed by atoms with Crippen molar-refractivity contribution < 1.29 is 4.79 Å². The maximum Gasteiger partial charge on any atom is 0.224 e. The summed E-state index contributed by atoms with van der Waals surface area (Å²) >= 11 is 0. The van der Waals surface area contributed by atoms with Gasteiger partial charge in [-0.1, -0.05) is 34.6 Å². The zero-order valence-electron chi connectivity index (χ0n) is 11.7. The van der Waals surface area contributed by atoms with Gasteiger partial charge in [0.15, 0.2) is 0 Å². The molecule has 0 bridgehead atoms. The van der Waals surface area contributed by atoms with Crippen LogP contribution in [0.3, 0.4) is 0 Å². The highest BCUT2D eigenvalue weighted by molar-refractivity contribution is 5.79. The van der Waals surface area contributed by atoms with Gasteiger partial charge >= 0.3 is 0 Å². The molecule has 0 fully saturated rings. The van der Waals surface area contributed by atoms with Crippen LogP contribution in [0.25, 0.3) is 0 Å². The van der Waals surface area contributed by atoms with E-state index in [4.69, 9.17) is 0 Å². The van der Waals surface area contributed by atoms with Crippen molar-refractivity contribution in [2.45, 2.75) is 41.0 Å². The highest BCUT2D eigenvalue weighted by atomic mass is 16.1. The molecule has 1 amide bonds. The van der Waals surface area contributed by atoms with Gasteiger partial charge in [0.25, 0.3) is 0 Å². The Morgan fingerprint density at radius 1 is 1.25 bits per heavy atom. The molecule has 3 heteroatoms. The standard InChI is InChI=1S/C13H28N2O/c1-10(2)11(9-14-6)12(16)15-8-7-13(3,4)5/h10-11,14H,7-9H2,1-6H3,(H,15,16). The van der Waals surface area contributed by atoms with E-state index in [2.05, 4.69) is 45.3 Å². The zero-order chi connectivity index (χ0) is 12.8. The number of hydrogen-bond acceptors (Lipinski definition) is 2. The number of hydrogen-bond donors (Lipinski definition) is 2. The van der Waals surface area contributed by atoms with E-state index >= 15 is 0 Å². The summed E-state index contributed by atoms with van der Waals surface area (Å²) in [5.41, 5.74) is 0.281. The number of carbonyl (C=O) groups is 1. The van der Waals surface area contributed by atoms with E-state index in [-0.39, 0.29) is 17.2 Å². The lowest BCUT2D eigenvalue weighted by molar-refractivity contribution is -0.126. The molecule has 0 rings (SSSR count). The number of amides is 1. The maximum atomic E-state index is 11.9. The van der Waals surface area contributed by atoms with Crippen LogP contribution in [0, 0.1) is 17.3 Å². The molecule has 0 heterocycles. The van der Waals surface area contributed by atoms with Crippen molar-refractivity contribution >= 4 is 5.91 Å². The van der Waals surface area contributed by atoms with Crippen molar-refractivity contribution in [2.75, 3.05) is 20.1 Å². The van der Waals surface area contributed by atoms with E-state index in [1.54, 1.807) is 0 Å². The Kier molecular flexibility index (Phi) is 6.65. The minimum atomic E-state index is 0.0740. The van der Waals surface area contributed by atoms with Gasteiger partial charge in [0.05, 0.1) is 5.92 Å². The van der Waals surface area contributed by atoms with Gasteiger partial charge in [0.1, 0.15) is 0 Å². The molecule has 0 aliphatic heterocycles. The molecule has 0 aromatic heterocycles. The Morgan fingerprint density at radius 3 is 2.19 bits per heavy atom. The van der Waals surface area contributed by atoms with E-state index in [0.29, 0.717) is 5.92 Å². The fraction of sp³-hybridized carbons (Fsp3) is 0.923. The molecule has 0 aliphatic carbocycles. The van der Waals surface area contributed by atoms with Gasteiger partial charge in [-0.25, -0.2) is 0 Å². The van der Waals surface area contributed by atoms with Gasteiger partial charge in [-0.3, -0.25) is 4.79 Å². The van der Waals surface area contributed by atoms with Gasteiger partial charge in [-0.05, 0) is 24.8 Å². The van der Waals surface area contributed by atoms with E-state index < -0.39 is 0 Å². The van der Waals surface area contributed by atoms with Crippen molar-refractivity contribution in [1.29, 1.82) is 0 Å². The minimum absolute atomic E-state index is 0.0740. The van der Waals surface area contributed by atoms with E-state index in [1.807, 2.05) is 7.05 Å². The van der Waals surface area contributed by atoms with Crippen LogP contribution in [0.15, 0.2) is 0 Å². The van der Waals surface area contributed by atoms with Crippen LogP contribution < -0.4 is 10.6 Å². The molecule has 0 saturated heterocycles. The lowest BCUT2D eigenvalue weighted by atomic mass is 9.91. The first kappa shape index (κ1) is 15.4. The molecule has 0 radical (unpaired) electrons. The third-order valence-corrected chi connectivity index (χ3v) is 2.74. The van der Waals surface area contributed by atoms with Gasteiger partial charge < -0.3 is 10.6 Å². The molecular formula is C13H28N2O. The van der Waals surface area contributed by atoms with Crippen molar-refractivity contribution in [3.05, 3.63) is 0 Å². The normalized spacial score (nSPS) is 13.9. The summed E-state index contributed by atoms with van der Waals surface area (Å²) < 4.78 is 0. The second-order valence-corrected chi connectivity index (χ2v) is 6.01. The van der Waals surface area contributed by atoms with Crippen LogP contribution in [-0.2, 0) is 4.79 Å². The van der Waals surface area contributed by atoms with Gasteiger partial charge in [0.2, 0.25) is 5.91 Å². The first-order valence-electron chi connectivity index (χ1n) is 6.20. The van der Waals surface area contributed by atoms with E-state index in [0.717, 1.165) is 19.5 Å². The first-order valence-corrected chi connectivity index (χ1v) is 6.20. The molecule has 0 spiro atoms. The molecule has 96 valence electrons. The fourth-order valence-corrected chi connectivity index (χ4v) is 1.54. The Balaban J connectivity index is 4.02. The summed E-state index contributed by atoms with van der Waals surface area (Å²) in [5.74, 6) is 0.626.